The van der Waals surface area contributed by atoms with E-state index in [1.54, 1.807) is 6.07 Å². The Morgan fingerprint density at radius 1 is 1.23 bits per heavy atom. The van der Waals surface area contributed by atoms with E-state index in [-0.39, 0.29) is 17.6 Å². The van der Waals surface area contributed by atoms with Crippen molar-refractivity contribution in [1.29, 1.82) is 0 Å². The number of nitrogens with zero attached hydrogens (tertiary/aromatic N) is 2. The summed E-state index contributed by atoms with van der Waals surface area (Å²) in [5, 5.41) is 6.77. The van der Waals surface area contributed by atoms with Crippen molar-refractivity contribution in [2.45, 2.75) is 25.3 Å². The van der Waals surface area contributed by atoms with Crippen LogP contribution in [0.1, 0.15) is 51.8 Å². The Kier molecular flexibility index (Phi) is 3.91. The molecule has 0 bridgehead atoms. The van der Waals surface area contributed by atoms with Gasteiger partial charge in [0.2, 0.25) is 0 Å². The molecule has 0 saturated carbocycles. The molecule has 6 nitrogen and oxygen atoms in total. The minimum Gasteiger partial charge on any atom is -0.364 e. The van der Waals surface area contributed by atoms with Gasteiger partial charge in [-0.2, -0.15) is 5.10 Å². The molecule has 114 valence electrons. The summed E-state index contributed by atoms with van der Waals surface area (Å²) in [5.41, 5.74) is 6.87. The number of carbonyl (C=O) groups excluding carboxylic acids is 2. The molecule has 6 heteroatoms. The molecule has 22 heavy (non-hydrogen) atoms. The van der Waals surface area contributed by atoms with Crippen molar-refractivity contribution >= 4 is 11.8 Å². The first-order chi connectivity index (χ1) is 10.7. The first-order valence-corrected chi connectivity index (χ1v) is 7.38. The molecule has 2 heterocycles. The summed E-state index contributed by atoms with van der Waals surface area (Å²) in [7, 11) is 0. The highest BCUT2D eigenvalue weighted by Gasteiger charge is 2.30. The number of piperidine rings is 1. The number of hydrogen-bond acceptors (Lipinski definition) is 3. The van der Waals surface area contributed by atoms with Gasteiger partial charge in [-0.1, -0.05) is 18.2 Å². The lowest BCUT2D eigenvalue weighted by atomic mass is 9.98. The van der Waals surface area contributed by atoms with Gasteiger partial charge in [-0.3, -0.25) is 14.7 Å². The third-order valence-electron chi connectivity index (χ3n) is 3.99. The van der Waals surface area contributed by atoms with Crippen LogP contribution >= 0.6 is 0 Å². The highest BCUT2D eigenvalue weighted by atomic mass is 16.2. The molecule has 1 aliphatic rings. The van der Waals surface area contributed by atoms with Crippen LogP contribution in [0.5, 0.6) is 0 Å². The molecule has 1 aromatic carbocycles. The van der Waals surface area contributed by atoms with Crippen LogP contribution < -0.4 is 5.73 Å². The van der Waals surface area contributed by atoms with Crippen molar-refractivity contribution in [2.24, 2.45) is 5.73 Å². The highest BCUT2D eigenvalue weighted by molar-refractivity contribution is 5.94. The third kappa shape index (κ3) is 2.72. The van der Waals surface area contributed by atoms with Gasteiger partial charge in [0.15, 0.2) is 0 Å². The zero-order valence-electron chi connectivity index (χ0n) is 12.2. The van der Waals surface area contributed by atoms with Gasteiger partial charge < -0.3 is 10.6 Å². The van der Waals surface area contributed by atoms with Gasteiger partial charge in [0.25, 0.3) is 11.8 Å². The molecule has 3 N–H and O–H groups in total. The minimum absolute atomic E-state index is 0.000486. The topological polar surface area (TPSA) is 92.1 Å². The third-order valence-corrected chi connectivity index (χ3v) is 3.99. The van der Waals surface area contributed by atoms with Gasteiger partial charge in [0.1, 0.15) is 5.69 Å². The summed E-state index contributed by atoms with van der Waals surface area (Å²) in [6.07, 6.45) is 2.86. The lowest BCUT2D eigenvalue weighted by molar-refractivity contribution is 0.0606. The minimum atomic E-state index is -0.570. The summed E-state index contributed by atoms with van der Waals surface area (Å²) in [6.45, 7) is 0.698. The maximum Gasteiger partial charge on any atom is 0.269 e. The molecule has 0 aliphatic carbocycles. The molecule has 1 atom stereocenters. The van der Waals surface area contributed by atoms with Gasteiger partial charge >= 0.3 is 0 Å². The number of likely N-dealkylation sites (tertiary alicyclic amines) is 1. The Hall–Kier alpha value is -2.63. The van der Waals surface area contributed by atoms with E-state index in [1.807, 2.05) is 35.2 Å². The lowest BCUT2D eigenvalue weighted by Crippen LogP contribution is -2.38. The van der Waals surface area contributed by atoms with E-state index in [0.717, 1.165) is 25.0 Å². The van der Waals surface area contributed by atoms with E-state index < -0.39 is 5.91 Å². The van der Waals surface area contributed by atoms with E-state index in [9.17, 15) is 9.59 Å². The summed E-state index contributed by atoms with van der Waals surface area (Å²) < 4.78 is 0. The van der Waals surface area contributed by atoms with E-state index in [1.165, 1.54) is 0 Å². The Morgan fingerprint density at radius 2 is 2.00 bits per heavy atom. The number of rotatable bonds is 3. The van der Waals surface area contributed by atoms with E-state index >= 15 is 0 Å². The molecule has 1 fully saturated rings. The molecule has 1 aromatic heterocycles. The molecule has 0 spiro atoms. The molecule has 2 amide bonds. The molecular weight excluding hydrogens is 280 g/mol. The van der Waals surface area contributed by atoms with E-state index in [0.29, 0.717) is 12.1 Å². The largest absolute Gasteiger partial charge is 0.364 e. The number of nitrogens with one attached hydrogen (secondary N) is 1. The predicted octanol–water partition coefficient (Wildman–Crippen LogP) is 1.88. The second-order valence-corrected chi connectivity index (χ2v) is 5.45. The smallest absolute Gasteiger partial charge is 0.269 e. The van der Waals surface area contributed by atoms with Gasteiger partial charge in [0.05, 0.1) is 11.7 Å². The van der Waals surface area contributed by atoms with Crippen molar-refractivity contribution in [3.05, 3.63) is 53.3 Å². The van der Waals surface area contributed by atoms with Crippen LogP contribution in [0, 0.1) is 0 Å². The number of amides is 2. The SMILES string of the molecule is NC(=O)c1cc([C@@H]2CCCCN2C(=O)c2ccccc2)[nH]n1. The number of aromatic nitrogens is 2. The number of carbonyl (C=O) groups is 2. The molecular formula is C16H18N4O2. The van der Waals surface area contributed by atoms with Crippen molar-refractivity contribution in [1.82, 2.24) is 15.1 Å². The Balaban J connectivity index is 1.87. The summed E-state index contributed by atoms with van der Waals surface area (Å²) in [5.74, 6) is -0.570. The fourth-order valence-electron chi connectivity index (χ4n) is 2.88. The fraction of sp³-hybridized carbons (Fsp3) is 0.312. The van der Waals surface area contributed by atoms with Crippen LogP contribution in [-0.2, 0) is 0 Å². The van der Waals surface area contributed by atoms with Gasteiger partial charge in [-0.15, -0.1) is 0 Å². The number of benzene rings is 1. The zero-order valence-corrected chi connectivity index (χ0v) is 12.2. The van der Waals surface area contributed by atoms with Crippen molar-refractivity contribution in [2.75, 3.05) is 6.54 Å². The standard InChI is InChI=1S/C16H18N4O2/c17-15(21)13-10-12(18-19-13)14-8-4-5-9-20(14)16(22)11-6-2-1-3-7-11/h1-3,6-7,10,14H,4-5,8-9H2,(H2,17,21)(H,18,19)/t14-/m0/s1. The number of nitrogens with two attached hydrogens (primary N) is 1. The average Bonchev–Trinajstić information content (AvgIpc) is 3.05. The first-order valence-electron chi connectivity index (χ1n) is 7.38. The molecule has 0 radical (unpaired) electrons. The van der Waals surface area contributed by atoms with Gasteiger partial charge in [-0.05, 0) is 37.5 Å². The molecule has 3 rings (SSSR count). The molecule has 0 unspecified atom stereocenters. The summed E-state index contributed by atoms with van der Waals surface area (Å²) in [4.78, 5) is 25.8. The van der Waals surface area contributed by atoms with Gasteiger partial charge in [-0.25, -0.2) is 0 Å². The molecule has 1 aliphatic heterocycles. The normalized spacial score (nSPS) is 18.2. The van der Waals surface area contributed by atoms with Crippen LogP contribution in [0.15, 0.2) is 36.4 Å². The Bertz CT molecular complexity index is 680. The monoisotopic (exact) mass is 298 g/mol. The van der Waals surface area contributed by atoms with Gasteiger partial charge in [0, 0.05) is 12.1 Å². The highest BCUT2D eigenvalue weighted by Crippen LogP contribution is 2.31. The van der Waals surface area contributed by atoms with E-state index in [2.05, 4.69) is 10.2 Å². The van der Waals surface area contributed by atoms with Crippen molar-refractivity contribution < 1.29 is 9.59 Å². The van der Waals surface area contributed by atoms with Crippen molar-refractivity contribution in [3.63, 3.8) is 0 Å². The number of aromatic amines is 1. The Morgan fingerprint density at radius 3 is 2.68 bits per heavy atom. The lowest BCUT2D eigenvalue weighted by Gasteiger charge is -2.35. The van der Waals surface area contributed by atoms with Crippen LogP contribution in [0.2, 0.25) is 0 Å². The fourth-order valence-corrected chi connectivity index (χ4v) is 2.88. The van der Waals surface area contributed by atoms with Crippen LogP contribution in [-0.4, -0.2) is 33.5 Å². The number of H-pyrrole nitrogens is 1. The second-order valence-electron chi connectivity index (χ2n) is 5.45. The number of hydrogen-bond donors (Lipinski definition) is 2. The van der Waals surface area contributed by atoms with Crippen LogP contribution in [0.3, 0.4) is 0 Å². The second kappa shape index (κ2) is 6.01. The summed E-state index contributed by atoms with van der Waals surface area (Å²) >= 11 is 0. The van der Waals surface area contributed by atoms with E-state index in [4.69, 9.17) is 5.73 Å². The maximum atomic E-state index is 12.7. The zero-order chi connectivity index (χ0) is 15.5. The average molecular weight is 298 g/mol. The van der Waals surface area contributed by atoms with Crippen molar-refractivity contribution in [3.8, 4) is 0 Å². The molecule has 1 saturated heterocycles. The summed E-state index contributed by atoms with van der Waals surface area (Å²) in [6, 6.07) is 10.8. The Labute approximate surface area is 128 Å². The predicted molar refractivity (Wildman–Crippen MR) is 81.2 cm³/mol. The molecule has 2 aromatic rings. The maximum absolute atomic E-state index is 12.7. The number of primary amides is 1. The quantitative estimate of drug-likeness (QED) is 0.906. The van der Waals surface area contributed by atoms with Crippen LogP contribution in [0.25, 0.3) is 0 Å². The first kappa shape index (κ1) is 14.3. The van der Waals surface area contributed by atoms with Crippen LogP contribution in [0.4, 0.5) is 0 Å².